The Labute approximate surface area is 140 Å². The molecule has 0 aliphatic carbocycles. The molecule has 8 heteroatoms. The summed E-state index contributed by atoms with van der Waals surface area (Å²) >= 11 is 0. The number of aliphatic hydroxyl groups is 1. The fraction of sp³-hybridized carbons (Fsp3) is 0.438. The van der Waals surface area contributed by atoms with Crippen LogP contribution in [0.5, 0.6) is 0 Å². The Bertz CT molecular complexity index is 683. The zero-order valence-electron chi connectivity index (χ0n) is 13.5. The molecule has 1 saturated heterocycles. The van der Waals surface area contributed by atoms with E-state index in [1.54, 1.807) is 25.5 Å². The largest absolute Gasteiger partial charge is 0.386 e. The molecule has 1 amide bonds. The smallest absolute Gasteiger partial charge is 0.273 e. The Kier molecular flexibility index (Phi) is 4.66. The van der Waals surface area contributed by atoms with E-state index >= 15 is 0 Å². The van der Waals surface area contributed by atoms with Gasteiger partial charge in [0.1, 0.15) is 5.69 Å². The first kappa shape index (κ1) is 16.3. The van der Waals surface area contributed by atoms with Crippen molar-refractivity contribution in [2.75, 3.05) is 31.6 Å². The SMILES string of the molecule is CN(C[C@]1(O)CCCN(c2ncccn2)C1)C(=O)c1cnccn1. The molecule has 1 aliphatic heterocycles. The number of carbonyl (C=O) groups is 1. The molecule has 0 radical (unpaired) electrons. The third-order valence-corrected chi connectivity index (χ3v) is 4.05. The van der Waals surface area contributed by atoms with E-state index in [4.69, 9.17) is 0 Å². The highest BCUT2D eigenvalue weighted by Crippen LogP contribution is 2.24. The van der Waals surface area contributed by atoms with Crippen LogP contribution in [-0.2, 0) is 0 Å². The maximum Gasteiger partial charge on any atom is 0.273 e. The number of rotatable bonds is 4. The van der Waals surface area contributed by atoms with Crippen LogP contribution in [0.4, 0.5) is 5.95 Å². The van der Waals surface area contributed by atoms with Gasteiger partial charge < -0.3 is 14.9 Å². The number of aromatic nitrogens is 4. The number of likely N-dealkylation sites (N-methyl/N-ethyl adjacent to an activating group) is 1. The molecule has 1 aliphatic rings. The summed E-state index contributed by atoms with van der Waals surface area (Å²) in [6, 6.07) is 1.76. The quantitative estimate of drug-likeness (QED) is 0.866. The molecule has 0 bridgehead atoms. The molecule has 8 nitrogen and oxygen atoms in total. The van der Waals surface area contributed by atoms with Crippen molar-refractivity contribution in [3.8, 4) is 0 Å². The molecule has 3 heterocycles. The first-order chi connectivity index (χ1) is 11.6. The van der Waals surface area contributed by atoms with Crippen LogP contribution in [0.3, 0.4) is 0 Å². The van der Waals surface area contributed by atoms with Gasteiger partial charge in [0.05, 0.1) is 24.9 Å². The summed E-state index contributed by atoms with van der Waals surface area (Å²) in [5.74, 6) is 0.336. The van der Waals surface area contributed by atoms with Crippen molar-refractivity contribution in [2.45, 2.75) is 18.4 Å². The van der Waals surface area contributed by atoms with E-state index in [9.17, 15) is 9.90 Å². The van der Waals surface area contributed by atoms with Crippen LogP contribution in [0.1, 0.15) is 23.3 Å². The van der Waals surface area contributed by atoms with Crippen LogP contribution in [0.15, 0.2) is 37.1 Å². The monoisotopic (exact) mass is 328 g/mol. The number of piperidine rings is 1. The number of amides is 1. The highest BCUT2D eigenvalue weighted by Gasteiger charge is 2.36. The fourth-order valence-electron chi connectivity index (χ4n) is 2.99. The van der Waals surface area contributed by atoms with Crippen molar-refractivity contribution in [3.05, 3.63) is 42.7 Å². The Hall–Kier alpha value is -2.61. The number of hydrogen-bond donors (Lipinski definition) is 1. The second-order valence-electron chi connectivity index (χ2n) is 6.05. The average molecular weight is 328 g/mol. The fourth-order valence-corrected chi connectivity index (χ4v) is 2.99. The third-order valence-electron chi connectivity index (χ3n) is 4.05. The molecule has 0 spiro atoms. The van der Waals surface area contributed by atoms with Gasteiger partial charge >= 0.3 is 0 Å². The van der Waals surface area contributed by atoms with Crippen LogP contribution < -0.4 is 4.90 Å². The molecule has 0 aromatic carbocycles. The van der Waals surface area contributed by atoms with Crippen molar-refractivity contribution in [1.29, 1.82) is 0 Å². The van der Waals surface area contributed by atoms with Gasteiger partial charge in [0, 0.05) is 38.4 Å². The summed E-state index contributed by atoms with van der Waals surface area (Å²) in [7, 11) is 1.66. The van der Waals surface area contributed by atoms with Crippen molar-refractivity contribution in [2.24, 2.45) is 0 Å². The van der Waals surface area contributed by atoms with E-state index in [1.807, 2.05) is 4.90 Å². The number of carbonyl (C=O) groups excluding carboxylic acids is 1. The lowest BCUT2D eigenvalue weighted by Gasteiger charge is -2.41. The lowest BCUT2D eigenvalue weighted by Crippen LogP contribution is -2.55. The maximum atomic E-state index is 12.4. The maximum absolute atomic E-state index is 12.4. The zero-order chi connectivity index (χ0) is 17.0. The first-order valence-electron chi connectivity index (χ1n) is 7.83. The Morgan fingerprint density at radius 1 is 1.29 bits per heavy atom. The molecular weight excluding hydrogens is 308 g/mol. The summed E-state index contributed by atoms with van der Waals surface area (Å²) in [5.41, 5.74) is -0.744. The molecule has 0 saturated carbocycles. The van der Waals surface area contributed by atoms with Crippen LogP contribution in [-0.4, -0.2) is 68.1 Å². The van der Waals surface area contributed by atoms with E-state index < -0.39 is 5.60 Å². The van der Waals surface area contributed by atoms with E-state index in [1.165, 1.54) is 23.5 Å². The number of hydrogen-bond acceptors (Lipinski definition) is 7. The molecule has 24 heavy (non-hydrogen) atoms. The first-order valence-corrected chi connectivity index (χ1v) is 7.83. The molecule has 1 N–H and O–H groups in total. The van der Waals surface area contributed by atoms with Gasteiger partial charge in [0.25, 0.3) is 5.91 Å². The van der Waals surface area contributed by atoms with E-state index in [0.29, 0.717) is 18.9 Å². The minimum atomic E-state index is -1.01. The Balaban J connectivity index is 1.68. The van der Waals surface area contributed by atoms with Gasteiger partial charge in [-0.15, -0.1) is 0 Å². The lowest BCUT2D eigenvalue weighted by molar-refractivity contribution is -0.000453. The predicted octanol–water partition coefficient (Wildman–Crippen LogP) is 0.370. The molecule has 1 atom stereocenters. The van der Waals surface area contributed by atoms with Crippen LogP contribution in [0.25, 0.3) is 0 Å². The minimum absolute atomic E-state index is 0.214. The molecular formula is C16H20N6O2. The van der Waals surface area contributed by atoms with Crippen molar-refractivity contribution < 1.29 is 9.90 Å². The van der Waals surface area contributed by atoms with Gasteiger partial charge in [-0.1, -0.05) is 0 Å². The van der Waals surface area contributed by atoms with Gasteiger partial charge in [-0.2, -0.15) is 0 Å². The standard InChI is InChI=1S/C16H20N6O2/c1-21(14(23)13-10-17-7-8-18-13)11-16(24)4-2-9-22(12-16)15-19-5-3-6-20-15/h3,5-8,10,24H,2,4,9,11-12H2,1H3/t16-/m1/s1. The summed E-state index contributed by atoms with van der Waals surface area (Å²) < 4.78 is 0. The highest BCUT2D eigenvalue weighted by atomic mass is 16.3. The van der Waals surface area contributed by atoms with Crippen molar-refractivity contribution in [3.63, 3.8) is 0 Å². The van der Waals surface area contributed by atoms with Gasteiger partial charge in [-0.3, -0.25) is 9.78 Å². The lowest BCUT2D eigenvalue weighted by atomic mass is 9.92. The van der Waals surface area contributed by atoms with Gasteiger partial charge in [0.15, 0.2) is 0 Å². The average Bonchev–Trinajstić information content (AvgIpc) is 2.62. The highest BCUT2D eigenvalue weighted by molar-refractivity contribution is 5.91. The summed E-state index contributed by atoms with van der Waals surface area (Å²) in [5, 5.41) is 10.9. The number of nitrogens with zero attached hydrogens (tertiary/aromatic N) is 6. The number of anilines is 1. The van der Waals surface area contributed by atoms with Crippen molar-refractivity contribution in [1.82, 2.24) is 24.8 Å². The van der Waals surface area contributed by atoms with Crippen LogP contribution in [0, 0.1) is 0 Å². The van der Waals surface area contributed by atoms with Gasteiger partial charge in [-0.05, 0) is 18.9 Å². The Morgan fingerprint density at radius 3 is 2.79 bits per heavy atom. The molecule has 2 aromatic rings. The summed E-state index contributed by atoms with van der Waals surface area (Å²) in [4.78, 5) is 32.2. The van der Waals surface area contributed by atoms with E-state index in [-0.39, 0.29) is 18.1 Å². The second kappa shape index (κ2) is 6.88. The van der Waals surface area contributed by atoms with Gasteiger partial charge in [-0.25, -0.2) is 15.0 Å². The minimum Gasteiger partial charge on any atom is -0.386 e. The molecule has 126 valence electrons. The molecule has 3 rings (SSSR count). The van der Waals surface area contributed by atoms with E-state index in [2.05, 4.69) is 19.9 Å². The third kappa shape index (κ3) is 3.65. The molecule has 1 fully saturated rings. The molecule has 2 aromatic heterocycles. The normalized spacial score (nSPS) is 20.7. The Morgan fingerprint density at radius 2 is 2.08 bits per heavy atom. The summed E-state index contributed by atoms with van der Waals surface area (Å²) in [6.07, 6.45) is 9.21. The zero-order valence-corrected chi connectivity index (χ0v) is 13.5. The molecule has 0 unspecified atom stereocenters. The van der Waals surface area contributed by atoms with Gasteiger partial charge in [0.2, 0.25) is 5.95 Å². The predicted molar refractivity (Wildman–Crippen MR) is 87.4 cm³/mol. The van der Waals surface area contributed by atoms with Crippen LogP contribution in [0.2, 0.25) is 0 Å². The second-order valence-corrected chi connectivity index (χ2v) is 6.05. The summed E-state index contributed by atoms with van der Waals surface area (Å²) in [6.45, 7) is 1.38. The van der Waals surface area contributed by atoms with E-state index in [0.717, 1.165) is 13.0 Å². The van der Waals surface area contributed by atoms with Crippen LogP contribution >= 0.6 is 0 Å². The van der Waals surface area contributed by atoms with Crippen molar-refractivity contribution >= 4 is 11.9 Å². The number of β-amino-alcohol motifs (C(OH)–C–C–N with tert-alkyl or cyclic N) is 1. The topological polar surface area (TPSA) is 95.3 Å².